The number of benzene rings is 2. The molecule has 0 aliphatic carbocycles. The molecule has 1 amide bonds. The van der Waals surface area contributed by atoms with Crippen molar-refractivity contribution in [1.82, 2.24) is 5.32 Å². The van der Waals surface area contributed by atoms with Gasteiger partial charge in [0.1, 0.15) is 11.6 Å². The van der Waals surface area contributed by atoms with Crippen LogP contribution in [0.5, 0.6) is 5.75 Å². The number of rotatable bonds is 7. The smallest absolute Gasteiger partial charge is 0.220 e. The highest BCUT2D eigenvalue weighted by atomic mass is 19.1. The van der Waals surface area contributed by atoms with E-state index >= 15 is 0 Å². The minimum absolute atomic E-state index is 0.0766. The first-order valence-corrected chi connectivity index (χ1v) is 8.76. The summed E-state index contributed by atoms with van der Waals surface area (Å²) in [6, 6.07) is 13.6. The van der Waals surface area contributed by atoms with Crippen molar-refractivity contribution in [3.63, 3.8) is 0 Å². The van der Waals surface area contributed by atoms with Gasteiger partial charge in [-0.15, -0.1) is 0 Å². The fourth-order valence-corrected chi connectivity index (χ4v) is 2.83. The highest BCUT2D eigenvalue weighted by Gasteiger charge is 2.16. The number of carbonyl (C=O) groups excluding carboxylic acids is 1. The van der Waals surface area contributed by atoms with Gasteiger partial charge in [0.2, 0.25) is 5.91 Å². The molecule has 0 spiro atoms. The van der Waals surface area contributed by atoms with Crippen molar-refractivity contribution in [2.45, 2.75) is 32.7 Å². The number of aryl methyl sites for hydroxylation is 1. The maximum absolute atomic E-state index is 12.9. The molecular formula is C21H22FNO3. The molecule has 0 fully saturated rings. The maximum atomic E-state index is 12.9. The molecule has 0 aliphatic rings. The van der Waals surface area contributed by atoms with Gasteiger partial charge in [-0.05, 0) is 50.1 Å². The molecule has 0 bridgehead atoms. The van der Waals surface area contributed by atoms with E-state index in [1.165, 1.54) is 12.1 Å². The minimum atomic E-state index is -0.275. The van der Waals surface area contributed by atoms with E-state index in [4.69, 9.17) is 9.15 Å². The van der Waals surface area contributed by atoms with Gasteiger partial charge in [-0.25, -0.2) is 4.39 Å². The second-order valence-electron chi connectivity index (χ2n) is 6.17. The Balaban J connectivity index is 1.62. The summed E-state index contributed by atoms with van der Waals surface area (Å²) in [5.74, 6) is 1.03. The van der Waals surface area contributed by atoms with Crippen molar-refractivity contribution in [3.05, 3.63) is 65.7 Å². The average Bonchev–Trinajstić information content (AvgIpc) is 3.07. The van der Waals surface area contributed by atoms with Gasteiger partial charge in [0.25, 0.3) is 0 Å². The van der Waals surface area contributed by atoms with E-state index in [1.807, 2.05) is 38.1 Å². The van der Waals surface area contributed by atoms with Crippen LogP contribution in [0.2, 0.25) is 0 Å². The first kappa shape index (κ1) is 18.0. The second-order valence-corrected chi connectivity index (χ2v) is 6.17. The molecule has 3 rings (SSSR count). The quantitative estimate of drug-likeness (QED) is 0.663. The summed E-state index contributed by atoms with van der Waals surface area (Å²) in [7, 11) is 0. The first-order valence-electron chi connectivity index (χ1n) is 8.76. The largest absolute Gasteiger partial charge is 0.490 e. The van der Waals surface area contributed by atoms with Crippen LogP contribution in [0.3, 0.4) is 0 Å². The van der Waals surface area contributed by atoms with Crippen molar-refractivity contribution in [1.29, 1.82) is 0 Å². The van der Waals surface area contributed by atoms with Crippen LogP contribution >= 0.6 is 0 Å². The number of nitrogens with one attached hydrogen (secondary N) is 1. The van der Waals surface area contributed by atoms with E-state index in [1.54, 1.807) is 12.1 Å². The van der Waals surface area contributed by atoms with Crippen LogP contribution < -0.4 is 10.1 Å². The van der Waals surface area contributed by atoms with E-state index in [9.17, 15) is 9.18 Å². The summed E-state index contributed by atoms with van der Waals surface area (Å²) in [4.78, 5) is 12.2. The van der Waals surface area contributed by atoms with Gasteiger partial charge >= 0.3 is 0 Å². The normalized spacial score (nSPS) is 12.1. The number of furan rings is 1. The monoisotopic (exact) mass is 355 g/mol. The summed E-state index contributed by atoms with van der Waals surface area (Å²) >= 11 is 0. The lowest BCUT2D eigenvalue weighted by atomic mass is 10.1. The zero-order valence-electron chi connectivity index (χ0n) is 14.9. The van der Waals surface area contributed by atoms with Gasteiger partial charge < -0.3 is 14.5 Å². The average molecular weight is 355 g/mol. The number of carbonyl (C=O) groups is 1. The van der Waals surface area contributed by atoms with Gasteiger partial charge in [-0.3, -0.25) is 4.79 Å². The Bertz CT molecular complexity index is 886. The molecule has 4 nitrogen and oxygen atoms in total. The highest BCUT2D eigenvalue weighted by Crippen LogP contribution is 2.31. The number of halogens is 1. The summed E-state index contributed by atoms with van der Waals surface area (Å²) in [6.07, 6.45) is 0.897. The standard InChI is InChI=1S/C21H22FNO3/c1-3-25-18-6-4-5-16-13-19(26-21(16)18)14(2)23-20(24)12-9-15-7-10-17(22)11-8-15/h4-8,10-11,13-14H,3,9,12H2,1-2H3,(H,23,24). The van der Waals surface area contributed by atoms with E-state index in [0.29, 0.717) is 36.5 Å². The van der Waals surface area contributed by atoms with Crippen molar-refractivity contribution in [2.24, 2.45) is 0 Å². The molecule has 1 N–H and O–H groups in total. The Morgan fingerprint density at radius 1 is 1.23 bits per heavy atom. The molecule has 1 unspecified atom stereocenters. The second kappa shape index (κ2) is 8.04. The molecule has 0 saturated carbocycles. The Kier molecular flexibility index (Phi) is 5.56. The molecule has 5 heteroatoms. The van der Waals surface area contributed by atoms with Gasteiger partial charge in [0.15, 0.2) is 11.3 Å². The molecule has 2 aromatic carbocycles. The highest BCUT2D eigenvalue weighted by molar-refractivity contribution is 5.84. The van der Waals surface area contributed by atoms with Crippen LogP contribution in [-0.2, 0) is 11.2 Å². The van der Waals surface area contributed by atoms with Crippen LogP contribution in [0.4, 0.5) is 4.39 Å². The Morgan fingerprint density at radius 2 is 2.00 bits per heavy atom. The topological polar surface area (TPSA) is 51.5 Å². The lowest BCUT2D eigenvalue weighted by Gasteiger charge is -2.11. The Labute approximate surface area is 152 Å². The number of hydrogen-bond donors (Lipinski definition) is 1. The number of fused-ring (bicyclic) bond motifs is 1. The van der Waals surface area contributed by atoms with Crippen molar-refractivity contribution in [3.8, 4) is 5.75 Å². The van der Waals surface area contributed by atoms with Gasteiger partial charge in [-0.1, -0.05) is 24.3 Å². The van der Waals surface area contributed by atoms with E-state index in [0.717, 1.165) is 10.9 Å². The zero-order valence-corrected chi connectivity index (χ0v) is 14.9. The lowest BCUT2D eigenvalue weighted by Crippen LogP contribution is -2.26. The van der Waals surface area contributed by atoms with Gasteiger partial charge in [0.05, 0.1) is 12.6 Å². The summed E-state index contributed by atoms with van der Waals surface area (Å²) in [6.45, 7) is 4.37. The lowest BCUT2D eigenvalue weighted by molar-refractivity contribution is -0.121. The molecule has 0 aliphatic heterocycles. The SMILES string of the molecule is CCOc1cccc2cc(C(C)NC(=O)CCc3ccc(F)cc3)oc12. The summed E-state index contributed by atoms with van der Waals surface area (Å²) in [5, 5.41) is 3.89. The molecule has 3 aromatic rings. The molecular weight excluding hydrogens is 333 g/mol. The minimum Gasteiger partial charge on any atom is -0.490 e. The van der Waals surface area contributed by atoms with Crippen LogP contribution in [0.25, 0.3) is 11.0 Å². The molecule has 0 radical (unpaired) electrons. The number of hydrogen-bond acceptors (Lipinski definition) is 3. The molecule has 1 aromatic heterocycles. The fraction of sp³-hybridized carbons (Fsp3) is 0.286. The van der Waals surface area contributed by atoms with Crippen molar-refractivity contribution >= 4 is 16.9 Å². The molecule has 26 heavy (non-hydrogen) atoms. The van der Waals surface area contributed by atoms with E-state index in [-0.39, 0.29) is 17.8 Å². The van der Waals surface area contributed by atoms with Crippen LogP contribution in [-0.4, -0.2) is 12.5 Å². The maximum Gasteiger partial charge on any atom is 0.220 e. The van der Waals surface area contributed by atoms with Gasteiger partial charge in [-0.2, -0.15) is 0 Å². The van der Waals surface area contributed by atoms with Crippen LogP contribution in [0, 0.1) is 5.82 Å². The first-order chi connectivity index (χ1) is 12.6. The number of para-hydroxylation sites is 1. The summed E-state index contributed by atoms with van der Waals surface area (Å²) in [5.41, 5.74) is 1.62. The van der Waals surface area contributed by atoms with E-state index in [2.05, 4.69) is 5.32 Å². The Morgan fingerprint density at radius 3 is 2.73 bits per heavy atom. The molecule has 0 saturated heterocycles. The zero-order chi connectivity index (χ0) is 18.5. The van der Waals surface area contributed by atoms with Crippen LogP contribution in [0.15, 0.2) is 52.9 Å². The predicted octanol–water partition coefficient (Wildman–Crippen LogP) is 4.78. The van der Waals surface area contributed by atoms with Crippen molar-refractivity contribution in [2.75, 3.05) is 6.61 Å². The van der Waals surface area contributed by atoms with Crippen molar-refractivity contribution < 1.29 is 18.3 Å². The molecule has 1 heterocycles. The summed E-state index contributed by atoms with van der Waals surface area (Å²) < 4.78 is 24.4. The third kappa shape index (κ3) is 4.23. The molecule has 1 atom stereocenters. The predicted molar refractivity (Wildman–Crippen MR) is 98.7 cm³/mol. The molecule has 136 valence electrons. The Hall–Kier alpha value is -2.82. The van der Waals surface area contributed by atoms with E-state index < -0.39 is 0 Å². The fourth-order valence-electron chi connectivity index (χ4n) is 2.83. The van der Waals surface area contributed by atoms with Gasteiger partial charge in [0, 0.05) is 11.8 Å². The number of ether oxygens (including phenoxy) is 1. The third-order valence-corrected chi connectivity index (χ3v) is 4.19. The third-order valence-electron chi connectivity index (χ3n) is 4.19. The van der Waals surface area contributed by atoms with Crippen LogP contribution in [0.1, 0.15) is 37.6 Å². The number of amides is 1.